The molecule has 4 rings (SSSR count). The molecule has 1 aromatic heterocycles. The Morgan fingerprint density at radius 2 is 2.00 bits per heavy atom. The Morgan fingerprint density at radius 3 is 2.70 bits per heavy atom. The first-order chi connectivity index (χ1) is 17.8. The summed E-state index contributed by atoms with van der Waals surface area (Å²) in [5.41, 5.74) is 0.758. The molecule has 12 nitrogen and oxygen atoms in total. The highest BCUT2D eigenvalue weighted by molar-refractivity contribution is 5.91. The number of carbonyl (C=O) groups is 3. The number of aromatic nitrogens is 2. The molecule has 12 heteroatoms. The first-order valence-corrected chi connectivity index (χ1v) is 12.2. The molecule has 4 unspecified atom stereocenters. The van der Waals surface area contributed by atoms with E-state index < -0.39 is 12.5 Å². The van der Waals surface area contributed by atoms with E-state index in [4.69, 9.17) is 18.9 Å². The van der Waals surface area contributed by atoms with E-state index >= 15 is 0 Å². The van der Waals surface area contributed by atoms with Gasteiger partial charge in [-0.3, -0.25) is 19.6 Å². The number of nitrogens with zero attached hydrogens (tertiary/aromatic N) is 2. The smallest absolute Gasteiger partial charge is 0.410 e. The lowest BCUT2D eigenvalue weighted by molar-refractivity contribution is -0.118. The number of hydrogen-bond donors (Lipinski definition) is 3. The topological polar surface area (TPSA) is 152 Å². The summed E-state index contributed by atoms with van der Waals surface area (Å²) in [4.78, 5) is 38.1. The average Bonchev–Trinajstić information content (AvgIpc) is 3.52. The molecule has 0 radical (unpaired) electrons. The van der Waals surface area contributed by atoms with Gasteiger partial charge in [0.15, 0.2) is 18.7 Å². The highest BCUT2D eigenvalue weighted by Gasteiger charge is 2.35. The maximum atomic E-state index is 12.7. The summed E-state index contributed by atoms with van der Waals surface area (Å²) >= 11 is 0. The lowest BCUT2D eigenvalue weighted by Gasteiger charge is -2.38. The Balaban J connectivity index is 1.28. The van der Waals surface area contributed by atoms with Crippen molar-refractivity contribution >= 4 is 24.1 Å². The fourth-order valence-electron chi connectivity index (χ4n) is 4.77. The van der Waals surface area contributed by atoms with Gasteiger partial charge < -0.3 is 29.4 Å². The van der Waals surface area contributed by atoms with Crippen LogP contribution in [0.25, 0.3) is 0 Å². The number of ether oxygens (including phenoxy) is 4. The number of phenols is 1. The molecule has 4 atom stereocenters. The first-order valence-electron chi connectivity index (χ1n) is 12.2. The third kappa shape index (κ3) is 6.13. The fraction of sp³-hybridized carbons (Fsp3) is 0.520. The molecule has 1 aliphatic carbocycles. The van der Waals surface area contributed by atoms with Crippen molar-refractivity contribution in [3.63, 3.8) is 0 Å². The van der Waals surface area contributed by atoms with Crippen molar-refractivity contribution in [1.29, 1.82) is 0 Å². The van der Waals surface area contributed by atoms with Gasteiger partial charge in [0.2, 0.25) is 0 Å². The molecule has 2 fully saturated rings. The highest BCUT2D eigenvalue weighted by Crippen LogP contribution is 2.36. The molecular formula is C25H32N4O8. The highest BCUT2D eigenvalue weighted by atomic mass is 16.6. The van der Waals surface area contributed by atoms with Gasteiger partial charge in [0.05, 0.1) is 38.0 Å². The molecule has 37 heavy (non-hydrogen) atoms. The van der Waals surface area contributed by atoms with Gasteiger partial charge in [0.25, 0.3) is 5.91 Å². The second-order valence-electron chi connectivity index (χ2n) is 9.38. The van der Waals surface area contributed by atoms with Gasteiger partial charge >= 0.3 is 6.09 Å². The standard InChI is InChI=1S/C25H32N4O8/c1-14-11-35-12-15(2)29(14)25(33)37-17-5-4-16(6-17)20-9-23(28-27-20)26-24(32)13-36-22-8-18(34-3)7-21(31)19(22)10-30/h7-10,14-17,31H,4-6,11-13H2,1-3H3,(H2,26,27,28,32). The van der Waals surface area contributed by atoms with Crippen LogP contribution < -0.4 is 14.8 Å². The monoisotopic (exact) mass is 516 g/mol. The number of benzene rings is 1. The van der Waals surface area contributed by atoms with Crippen LogP contribution in [0.1, 0.15) is 55.1 Å². The molecule has 1 aromatic carbocycles. The maximum Gasteiger partial charge on any atom is 0.410 e. The molecular weight excluding hydrogens is 484 g/mol. The molecule has 0 spiro atoms. The third-order valence-electron chi connectivity index (χ3n) is 6.64. The number of carbonyl (C=O) groups excluding carboxylic acids is 3. The third-order valence-corrected chi connectivity index (χ3v) is 6.64. The average molecular weight is 517 g/mol. The van der Waals surface area contributed by atoms with Crippen LogP contribution in [-0.4, -0.2) is 83.6 Å². The minimum atomic E-state index is -0.496. The summed E-state index contributed by atoms with van der Waals surface area (Å²) in [5.74, 6) is -0.0618. The predicted octanol–water partition coefficient (Wildman–Crippen LogP) is 2.84. The molecule has 2 heterocycles. The van der Waals surface area contributed by atoms with Crippen LogP contribution in [0.15, 0.2) is 18.2 Å². The fourth-order valence-corrected chi connectivity index (χ4v) is 4.77. The molecule has 3 N–H and O–H groups in total. The van der Waals surface area contributed by atoms with Crippen LogP contribution in [0, 0.1) is 0 Å². The Labute approximate surface area is 214 Å². The first kappa shape index (κ1) is 26.3. The van der Waals surface area contributed by atoms with Gasteiger partial charge in [0.1, 0.15) is 23.4 Å². The number of morpholine rings is 1. The summed E-state index contributed by atoms with van der Waals surface area (Å²) in [7, 11) is 1.41. The maximum absolute atomic E-state index is 12.7. The summed E-state index contributed by atoms with van der Waals surface area (Å²) in [5, 5.41) is 19.7. The van der Waals surface area contributed by atoms with Crippen molar-refractivity contribution in [2.75, 3.05) is 32.2 Å². The van der Waals surface area contributed by atoms with Gasteiger partial charge in [-0.15, -0.1) is 0 Å². The number of anilines is 1. The second-order valence-corrected chi connectivity index (χ2v) is 9.38. The van der Waals surface area contributed by atoms with Crippen molar-refractivity contribution in [2.45, 2.75) is 57.2 Å². The molecule has 2 aliphatic rings. The van der Waals surface area contributed by atoms with E-state index in [1.807, 2.05) is 13.8 Å². The van der Waals surface area contributed by atoms with Gasteiger partial charge in [-0.2, -0.15) is 5.10 Å². The van der Waals surface area contributed by atoms with E-state index in [1.165, 1.54) is 19.2 Å². The summed E-state index contributed by atoms with van der Waals surface area (Å²) < 4.78 is 21.8. The van der Waals surface area contributed by atoms with Crippen LogP contribution in [0.5, 0.6) is 17.2 Å². The van der Waals surface area contributed by atoms with Crippen molar-refractivity contribution in [3.05, 3.63) is 29.5 Å². The number of phenolic OH excluding ortho intramolecular Hbond substituents is 1. The Kier molecular flexibility index (Phi) is 8.17. The van der Waals surface area contributed by atoms with Gasteiger partial charge in [0, 0.05) is 29.8 Å². The molecule has 200 valence electrons. The molecule has 2 aromatic rings. The van der Waals surface area contributed by atoms with E-state index in [0.29, 0.717) is 31.7 Å². The van der Waals surface area contributed by atoms with Crippen molar-refractivity contribution < 1.29 is 38.4 Å². The quantitative estimate of drug-likeness (QED) is 0.450. The van der Waals surface area contributed by atoms with Crippen LogP contribution in [0.4, 0.5) is 10.6 Å². The van der Waals surface area contributed by atoms with E-state index in [-0.39, 0.29) is 53.0 Å². The van der Waals surface area contributed by atoms with Crippen molar-refractivity contribution in [2.24, 2.45) is 0 Å². The summed E-state index contributed by atoms with van der Waals surface area (Å²) in [6.07, 6.45) is 2.15. The van der Waals surface area contributed by atoms with Gasteiger partial charge in [-0.05, 0) is 33.1 Å². The minimum Gasteiger partial charge on any atom is -0.507 e. The van der Waals surface area contributed by atoms with Crippen LogP contribution in [0.3, 0.4) is 0 Å². The van der Waals surface area contributed by atoms with E-state index in [0.717, 1.165) is 18.5 Å². The number of rotatable bonds is 8. The molecule has 1 saturated carbocycles. The number of H-pyrrole nitrogens is 1. The normalized spacial score (nSPS) is 23.4. The second kappa shape index (κ2) is 11.5. The zero-order chi connectivity index (χ0) is 26.5. The Hall–Kier alpha value is -3.80. The number of methoxy groups -OCH3 is 1. The zero-order valence-electron chi connectivity index (χ0n) is 21.1. The predicted molar refractivity (Wildman–Crippen MR) is 131 cm³/mol. The van der Waals surface area contributed by atoms with Crippen LogP contribution in [-0.2, 0) is 14.3 Å². The number of aromatic hydroxyl groups is 1. The molecule has 2 amide bonds. The summed E-state index contributed by atoms with van der Waals surface area (Å²) in [6, 6.07) is 4.37. The number of aromatic amines is 1. The lowest BCUT2D eigenvalue weighted by atomic mass is 10.0. The minimum absolute atomic E-state index is 0.0251. The number of hydrogen-bond acceptors (Lipinski definition) is 9. The lowest BCUT2D eigenvalue weighted by Crippen LogP contribution is -2.53. The number of nitrogens with one attached hydrogen (secondary N) is 2. The van der Waals surface area contributed by atoms with Gasteiger partial charge in [-0.25, -0.2) is 4.79 Å². The van der Waals surface area contributed by atoms with Crippen LogP contribution in [0.2, 0.25) is 0 Å². The Bertz CT molecular complexity index is 1130. The van der Waals surface area contributed by atoms with E-state index in [1.54, 1.807) is 11.0 Å². The number of amides is 2. The SMILES string of the molecule is COc1cc(O)c(C=O)c(OCC(=O)Nc2cc(C3CCC(OC(=O)N4C(C)COCC4C)C3)[nH]n2)c1. The van der Waals surface area contributed by atoms with Crippen LogP contribution >= 0.6 is 0 Å². The molecule has 1 saturated heterocycles. The van der Waals surface area contributed by atoms with Gasteiger partial charge in [-0.1, -0.05) is 0 Å². The van der Waals surface area contributed by atoms with E-state index in [2.05, 4.69) is 15.5 Å². The van der Waals surface area contributed by atoms with E-state index in [9.17, 15) is 19.5 Å². The largest absolute Gasteiger partial charge is 0.507 e. The van der Waals surface area contributed by atoms with Crippen molar-refractivity contribution in [3.8, 4) is 17.2 Å². The zero-order valence-corrected chi connectivity index (χ0v) is 21.1. The van der Waals surface area contributed by atoms with Crippen molar-refractivity contribution in [1.82, 2.24) is 15.1 Å². The molecule has 0 bridgehead atoms. The number of aldehydes is 1. The Morgan fingerprint density at radius 1 is 1.24 bits per heavy atom. The molecule has 1 aliphatic heterocycles. The summed E-state index contributed by atoms with van der Waals surface area (Å²) in [6.45, 7) is 4.49.